The van der Waals surface area contributed by atoms with Gasteiger partial charge in [0.05, 0.1) is 12.7 Å². The summed E-state index contributed by atoms with van der Waals surface area (Å²) < 4.78 is 1.48. The smallest absolute Gasteiger partial charge is 0.303 e. The molecule has 2 aromatic heterocycles. The minimum Gasteiger partial charge on any atom is -0.303 e. The van der Waals surface area contributed by atoms with E-state index in [1.807, 2.05) is 30.3 Å². The van der Waals surface area contributed by atoms with E-state index in [-0.39, 0.29) is 5.69 Å². The van der Waals surface area contributed by atoms with Crippen LogP contribution < -0.4 is 11.4 Å². The van der Waals surface area contributed by atoms with Crippen LogP contribution >= 0.6 is 0 Å². The molecule has 1 aromatic carbocycles. The number of H-pyrrole nitrogens is 2. The van der Waals surface area contributed by atoms with Gasteiger partial charge in [0.25, 0.3) is 0 Å². The molecule has 0 fully saturated rings. The van der Waals surface area contributed by atoms with Crippen LogP contribution in [0.3, 0.4) is 0 Å². The fraction of sp³-hybridized carbons (Fsp3) is 0.0833. The normalized spacial score (nSPS) is 10.9. The van der Waals surface area contributed by atoms with Crippen LogP contribution in [0.25, 0.3) is 11.2 Å². The van der Waals surface area contributed by atoms with Gasteiger partial charge in [-0.2, -0.15) is 4.98 Å². The van der Waals surface area contributed by atoms with Crippen molar-refractivity contribution in [3.05, 3.63) is 63.1 Å². The van der Waals surface area contributed by atoms with E-state index < -0.39 is 5.69 Å². The van der Waals surface area contributed by atoms with Gasteiger partial charge in [-0.05, 0) is 5.56 Å². The minimum absolute atomic E-state index is 0.266. The Morgan fingerprint density at radius 1 is 1.11 bits per heavy atom. The molecule has 0 aliphatic rings. The summed E-state index contributed by atoms with van der Waals surface area (Å²) in [6.45, 7) is 0.402. The molecule has 3 rings (SSSR count). The zero-order valence-electron chi connectivity index (χ0n) is 9.38. The van der Waals surface area contributed by atoms with Crippen molar-refractivity contribution in [1.29, 1.82) is 0 Å². The van der Waals surface area contributed by atoms with Crippen LogP contribution in [0.4, 0.5) is 0 Å². The second kappa shape index (κ2) is 3.99. The third kappa shape index (κ3) is 1.73. The molecule has 2 heterocycles. The lowest BCUT2D eigenvalue weighted by Gasteiger charge is -2.02. The van der Waals surface area contributed by atoms with Gasteiger partial charge in [0.1, 0.15) is 11.2 Å². The Labute approximate surface area is 101 Å². The highest BCUT2D eigenvalue weighted by Crippen LogP contribution is 2.06. The van der Waals surface area contributed by atoms with Crippen LogP contribution in [0, 0.1) is 0 Å². The van der Waals surface area contributed by atoms with Gasteiger partial charge >= 0.3 is 11.4 Å². The summed E-state index contributed by atoms with van der Waals surface area (Å²) in [5.74, 6) is 0. The van der Waals surface area contributed by atoms with E-state index in [4.69, 9.17) is 0 Å². The second-order valence-corrected chi connectivity index (χ2v) is 3.95. The summed E-state index contributed by atoms with van der Waals surface area (Å²) in [5.41, 5.74) is 1.23. The maximum atomic E-state index is 11.8. The lowest BCUT2D eigenvalue weighted by atomic mass is 10.2. The van der Waals surface area contributed by atoms with Crippen molar-refractivity contribution < 1.29 is 0 Å². The van der Waals surface area contributed by atoms with Crippen molar-refractivity contribution in [2.24, 2.45) is 0 Å². The maximum absolute atomic E-state index is 11.8. The molecule has 6 heteroatoms. The quantitative estimate of drug-likeness (QED) is 0.684. The second-order valence-electron chi connectivity index (χ2n) is 3.95. The highest BCUT2D eigenvalue weighted by molar-refractivity contribution is 5.68. The number of aromatic nitrogens is 4. The van der Waals surface area contributed by atoms with Crippen molar-refractivity contribution in [2.45, 2.75) is 6.54 Å². The molecule has 0 atom stereocenters. The summed E-state index contributed by atoms with van der Waals surface area (Å²) in [4.78, 5) is 31.8. The van der Waals surface area contributed by atoms with Crippen LogP contribution in [-0.2, 0) is 6.54 Å². The third-order valence-corrected chi connectivity index (χ3v) is 2.73. The molecular formula is C12H10N4O2. The van der Waals surface area contributed by atoms with Gasteiger partial charge in [0.2, 0.25) is 0 Å². The van der Waals surface area contributed by atoms with Gasteiger partial charge in [0, 0.05) is 0 Å². The Hall–Kier alpha value is -2.63. The summed E-state index contributed by atoms with van der Waals surface area (Å²) in [6.07, 6.45) is 1.36. The molecule has 6 nitrogen and oxygen atoms in total. The Morgan fingerprint density at radius 3 is 2.67 bits per heavy atom. The Morgan fingerprint density at radius 2 is 1.89 bits per heavy atom. The fourth-order valence-electron chi connectivity index (χ4n) is 1.89. The van der Waals surface area contributed by atoms with Crippen LogP contribution in [0.5, 0.6) is 0 Å². The first-order chi connectivity index (χ1) is 8.74. The van der Waals surface area contributed by atoms with Gasteiger partial charge in [-0.15, -0.1) is 0 Å². The van der Waals surface area contributed by atoms with E-state index in [1.165, 1.54) is 10.8 Å². The largest absolute Gasteiger partial charge is 0.346 e. The van der Waals surface area contributed by atoms with Crippen molar-refractivity contribution in [3.8, 4) is 0 Å². The monoisotopic (exact) mass is 242 g/mol. The molecular weight excluding hydrogens is 232 g/mol. The predicted molar refractivity (Wildman–Crippen MR) is 66.5 cm³/mol. The molecule has 0 amide bonds. The molecule has 0 unspecified atom stereocenters. The lowest BCUT2D eigenvalue weighted by molar-refractivity contribution is 0.775. The van der Waals surface area contributed by atoms with E-state index in [0.29, 0.717) is 17.7 Å². The van der Waals surface area contributed by atoms with E-state index in [0.717, 1.165) is 5.56 Å². The van der Waals surface area contributed by atoms with E-state index >= 15 is 0 Å². The Bertz CT molecular complexity index is 798. The molecule has 2 N–H and O–H groups in total. The number of imidazole rings is 1. The molecule has 18 heavy (non-hydrogen) atoms. The average molecular weight is 242 g/mol. The lowest BCUT2D eigenvalue weighted by Crippen LogP contribution is -2.19. The molecule has 0 bridgehead atoms. The Kier molecular flexibility index (Phi) is 2.33. The van der Waals surface area contributed by atoms with E-state index in [1.54, 1.807) is 0 Å². The summed E-state index contributed by atoms with van der Waals surface area (Å²) in [6, 6.07) is 9.56. The van der Waals surface area contributed by atoms with Crippen molar-refractivity contribution in [1.82, 2.24) is 19.5 Å². The van der Waals surface area contributed by atoms with E-state index in [2.05, 4.69) is 15.0 Å². The average Bonchev–Trinajstić information content (AvgIpc) is 2.67. The zero-order chi connectivity index (χ0) is 12.5. The van der Waals surface area contributed by atoms with Crippen LogP contribution in [-0.4, -0.2) is 19.5 Å². The minimum atomic E-state index is -0.469. The molecule has 0 saturated carbocycles. The first-order valence-electron chi connectivity index (χ1n) is 5.46. The maximum Gasteiger partial charge on any atom is 0.346 e. The van der Waals surface area contributed by atoms with Crippen molar-refractivity contribution in [2.75, 3.05) is 0 Å². The highest BCUT2D eigenvalue weighted by Gasteiger charge is 2.08. The number of nitrogens with zero attached hydrogens (tertiary/aromatic N) is 2. The SMILES string of the molecule is O=c1ncc2[nH]c(=O)n(Cc3ccccc3)c2[nH]1. The van der Waals surface area contributed by atoms with Gasteiger partial charge in [-0.3, -0.25) is 9.55 Å². The van der Waals surface area contributed by atoms with Gasteiger partial charge in [0.15, 0.2) is 0 Å². The van der Waals surface area contributed by atoms with Gasteiger partial charge in [-0.25, -0.2) is 9.59 Å². The Balaban J connectivity index is 2.17. The molecule has 90 valence electrons. The van der Waals surface area contributed by atoms with Crippen molar-refractivity contribution >= 4 is 11.2 Å². The molecule has 0 aliphatic heterocycles. The summed E-state index contributed by atoms with van der Waals surface area (Å²) >= 11 is 0. The number of nitrogens with one attached hydrogen (secondary N) is 2. The number of benzene rings is 1. The van der Waals surface area contributed by atoms with Gasteiger partial charge in [-0.1, -0.05) is 30.3 Å². The molecule has 0 aliphatic carbocycles. The molecule has 0 spiro atoms. The first kappa shape index (κ1) is 10.5. The third-order valence-electron chi connectivity index (χ3n) is 2.73. The summed E-state index contributed by atoms with van der Waals surface area (Å²) in [5, 5.41) is 0. The fourth-order valence-corrected chi connectivity index (χ4v) is 1.89. The number of aromatic amines is 2. The highest BCUT2D eigenvalue weighted by atomic mass is 16.2. The van der Waals surface area contributed by atoms with Crippen molar-refractivity contribution in [3.63, 3.8) is 0 Å². The van der Waals surface area contributed by atoms with Crippen LogP contribution in [0.15, 0.2) is 46.1 Å². The van der Waals surface area contributed by atoms with E-state index in [9.17, 15) is 9.59 Å². The standard InChI is InChI=1S/C12H10N4O2/c17-11-13-6-9-10(15-11)16(12(18)14-9)7-8-4-2-1-3-5-8/h1-6H,7H2,(H,14,18)(H,13,15,17). The van der Waals surface area contributed by atoms with Gasteiger partial charge < -0.3 is 4.98 Å². The predicted octanol–water partition coefficient (Wildman–Crippen LogP) is 0.461. The topological polar surface area (TPSA) is 83.5 Å². The zero-order valence-corrected chi connectivity index (χ0v) is 9.38. The molecule has 3 aromatic rings. The number of hydrogen-bond donors (Lipinski definition) is 2. The summed E-state index contributed by atoms with van der Waals surface area (Å²) in [7, 11) is 0. The molecule has 0 saturated heterocycles. The number of rotatable bonds is 2. The van der Waals surface area contributed by atoms with Crippen LogP contribution in [0.2, 0.25) is 0 Å². The molecule has 0 radical (unpaired) electrons. The first-order valence-corrected chi connectivity index (χ1v) is 5.46. The van der Waals surface area contributed by atoms with Crippen LogP contribution in [0.1, 0.15) is 5.56 Å². The number of fused-ring (bicyclic) bond motifs is 1. The number of hydrogen-bond acceptors (Lipinski definition) is 3.